The molecule has 0 radical (unpaired) electrons. The topological polar surface area (TPSA) is 195 Å². The Morgan fingerprint density at radius 1 is 0.388 bits per heavy atom. The van der Waals surface area contributed by atoms with E-state index < -0.39 is 24.2 Å². The van der Waals surface area contributed by atoms with E-state index in [-0.39, 0.29) is 35.9 Å². The summed E-state index contributed by atoms with van der Waals surface area (Å²) in [6, 6.07) is 0. The van der Waals surface area contributed by atoms with E-state index in [1.54, 1.807) is 0 Å². The molecule has 0 aromatic carbocycles. The van der Waals surface area contributed by atoms with Crippen molar-refractivity contribution < 1.29 is 49.8 Å². The van der Waals surface area contributed by atoms with Crippen molar-refractivity contribution in [2.75, 3.05) is 0 Å². The molecule has 0 aliphatic rings. The van der Waals surface area contributed by atoms with Gasteiger partial charge in [-0.05, 0) is 77.0 Å². The largest absolute Gasteiger partial charge is 2.00 e. The van der Waals surface area contributed by atoms with Crippen molar-refractivity contribution in [3.05, 3.63) is 24.3 Å². The second-order valence-corrected chi connectivity index (χ2v) is 12.0. The molecule has 0 heterocycles. The molecule has 0 saturated heterocycles. The standard InChI is InChI=1S/2C18H34O2.2CH2O3.Mg/c2*1-2-3-4-5-6-7-8-9-10-11-12-13-14-15-16-17-18(19)20;2*2-1(3)4;/h2*9-10H,2-8,11-17H2,1H3,(H,19,20);2*(H2,2,3,4);/q;;;;+2/p-2/b2*10-9-;;;. The quantitative estimate of drug-likeness (QED) is 0.0316. The fourth-order valence-electron chi connectivity index (χ4n) is 4.68. The van der Waals surface area contributed by atoms with Gasteiger partial charge in [0.2, 0.25) is 0 Å². The number of aliphatic carboxylic acids is 2. The molecule has 0 fully saturated rings. The van der Waals surface area contributed by atoms with Crippen LogP contribution in [0.3, 0.4) is 0 Å². The molecule has 10 nitrogen and oxygen atoms in total. The van der Waals surface area contributed by atoms with Crippen LogP contribution < -0.4 is 10.2 Å². The van der Waals surface area contributed by atoms with E-state index in [2.05, 4.69) is 38.2 Å². The molecule has 0 aromatic rings. The zero-order valence-electron chi connectivity index (χ0n) is 31.1. The molecule has 0 atom stereocenters. The molecule has 0 amide bonds. The minimum Gasteiger partial charge on any atom is -0.550 e. The monoisotopic (exact) mass is 710 g/mol. The molecule has 0 rings (SSSR count). The molecule has 49 heavy (non-hydrogen) atoms. The number of rotatable bonds is 30. The molecule has 0 spiro atoms. The molecule has 0 unspecified atom stereocenters. The Morgan fingerprint density at radius 2 is 0.571 bits per heavy atom. The average molecular weight is 711 g/mol. The molecular weight excluding hydrogens is 641 g/mol. The third-order valence-electron chi connectivity index (χ3n) is 7.29. The number of carbonyl (C=O) groups excluding carboxylic acids is 2. The van der Waals surface area contributed by atoms with E-state index >= 15 is 0 Å². The van der Waals surface area contributed by atoms with Crippen LogP contribution in [0, 0.1) is 0 Å². The van der Waals surface area contributed by atoms with Crippen LogP contribution in [0.15, 0.2) is 24.3 Å². The van der Waals surface area contributed by atoms with Gasteiger partial charge in [-0.15, -0.1) is 0 Å². The Kier molecular flexibility index (Phi) is 60.2. The van der Waals surface area contributed by atoms with E-state index in [1.165, 1.54) is 128 Å². The third kappa shape index (κ3) is 86.9. The van der Waals surface area contributed by atoms with Gasteiger partial charge in [-0.1, -0.05) is 141 Å². The van der Waals surface area contributed by atoms with Crippen LogP contribution >= 0.6 is 0 Å². The van der Waals surface area contributed by atoms with Crippen LogP contribution in [0.1, 0.15) is 194 Å². The van der Waals surface area contributed by atoms with E-state index in [4.69, 9.17) is 30.0 Å². The van der Waals surface area contributed by atoms with Crippen LogP contribution in [-0.2, 0) is 9.59 Å². The Balaban J connectivity index is -0.000000212. The molecular formula is C38H70MgO10. The summed E-state index contributed by atoms with van der Waals surface area (Å²) in [5.41, 5.74) is 0. The molecule has 0 aliphatic heterocycles. The van der Waals surface area contributed by atoms with Crippen molar-refractivity contribution in [3.63, 3.8) is 0 Å². The zero-order chi connectivity index (χ0) is 36.9. The van der Waals surface area contributed by atoms with Gasteiger partial charge in [-0.2, -0.15) is 0 Å². The zero-order valence-corrected chi connectivity index (χ0v) is 32.5. The van der Waals surface area contributed by atoms with Gasteiger partial charge < -0.3 is 40.2 Å². The fraction of sp³-hybridized carbons (Fsp3) is 0.789. The summed E-state index contributed by atoms with van der Waals surface area (Å²) in [6.07, 6.45) is 38.1. The first-order chi connectivity index (χ1) is 23.0. The SMILES string of the molecule is CCCCCCCC/C=C\CCCCCCCC(=O)[O-].CCCCCCCC/C=C\CCCCCCCC(=O)[O-].O=C(O)O.O=C(O)O.[Mg+2]. The van der Waals surface area contributed by atoms with Crippen molar-refractivity contribution in [1.82, 2.24) is 0 Å². The summed E-state index contributed by atoms with van der Waals surface area (Å²) in [5, 5.41) is 48.3. The second-order valence-electron chi connectivity index (χ2n) is 12.0. The number of allylic oxidation sites excluding steroid dienone is 4. The third-order valence-corrected chi connectivity index (χ3v) is 7.29. The molecule has 0 aliphatic carbocycles. The van der Waals surface area contributed by atoms with Crippen LogP contribution in [-0.4, -0.2) is 67.7 Å². The maximum absolute atomic E-state index is 10.2. The maximum Gasteiger partial charge on any atom is 2.00 e. The Labute approximate surface area is 314 Å². The molecule has 284 valence electrons. The number of hydrogen-bond acceptors (Lipinski definition) is 6. The first-order valence-electron chi connectivity index (χ1n) is 18.5. The Hall–Kier alpha value is -2.27. The van der Waals surface area contributed by atoms with Gasteiger partial charge >= 0.3 is 35.4 Å². The summed E-state index contributed by atoms with van der Waals surface area (Å²) in [5.74, 6) is -1.83. The van der Waals surface area contributed by atoms with Crippen molar-refractivity contribution in [3.8, 4) is 0 Å². The first-order valence-corrected chi connectivity index (χ1v) is 18.5. The molecule has 0 saturated carbocycles. The number of carboxylic acids is 2. The number of hydrogen-bond donors (Lipinski definition) is 4. The van der Waals surface area contributed by atoms with Gasteiger partial charge in [0.25, 0.3) is 0 Å². The van der Waals surface area contributed by atoms with E-state index in [9.17, 15) is 19.8 Å². The molecule has 11 heteroatoms. The van der Waals surface area contributed by atoms with Crippen molar-refractivity contribution in [1.29, 1.82) is 0 Å². The molecule has 0 aromatic heterocycles. The number of carboxylic acid groups (broad SMARTS) is 6. The summed E-state index contributed by atoms with van der Waals surface area (Å²) in [6.45, 7) is 4.51. The molecule has 0 bridgehead atoms. The number of carbonyl (C=O) groups is 4. The van der Waals surface area contributed by atoms with E-state index in [0.29, 0.717) is 0 Å². The summed E-state index contributed by atoms with van der Waals surface area (Å²) in [7, 11) is 0. The number of unbranched alkanes of at least 4 members (excludes halogenated alkanes) is 22. The van der Waals surface area contributed by atoms with Crippen molar-refractivity contribution >= 4 is 47.3 Å². The summed E-state index contributed by atoms with van der Waals surface area (Å²) in [4.78, 5) is 37.5. The van der Waals surface area contributed by atoms with Crippen LogP contribution in [0.5, 0.6) is 0 Å². The van der Waals surface area contributed by atoms with Gasteiger partial charge in [0.05, 0.1) is 0 Å². The smallest absolute Gasteiger partial charge is 0.550 e. The minimum atomic E-state index is -1.83. The van der Waals surface area contributed by atoms with Gasteiger partial charge in [0, 0.05) is 11.9 Å². The van der Waals surface area contributed by atoms with Gasteiger partial charge in [-0.3, -0.25) is 0 Å². The van der Waals surface area contributed by atoms with Crippen molar-refractivity contribution in [2.45, 2.75) is 194 Å². The Bertz CT molecular complexity index is 687. The minimum absolute atomic E-state index is 0. The predicted molar refractivity (Wildman–Crippen MR) is 196 cm³/mol. The second kappa shape index (κ2) is 52.5. The maximum atomic E-state index is 10.2. The first kappa shape index (κ1) is 56.1. The van der Waals surface area contributed by atoms with E-state index in [1.807, 2.05) is 0 Å². The summed E-state index contributed by atoms with van der Waals surface area (Å²) < 4.78 is 0. The van der Waals surface area contributed by atoms with Crippen LogP contribution in [0.2, 0.25) is 0 Å². The average Bonchev–Trinajstić information content (AvgIpc) is 3.00. The van der Waals surface area contributed by atoms with Gasteiger partial charge in [-0.25, -0.2) is 9.59 Å². The normalized spacial score (nSPS) is 10.2. The fourth-order valence-corrected chi connectivity index (χ4v) is 4.68. The summed E-state index contributed by atoms with van der Waals surface area (Å²) >= 11 is 0. The van der Waals surface area contributed by atoms with Crippen LogP contribution in [0.4, 0.5) is 9.59 Å². The van der Waals surface area contributed by atoms with Crippen LogP contribution in [0.25, 0.3) is 0 Å². The van der Waals surface area contributed by atoms with E-state index in [0.717, 1.165) is 38.5 Å². The Morgan fingerprint density at radius 3 is 0.776 bits per heavy atom. The predicted octanol–water partition coefficient (Wildman–Crippen LogP) is 9.61. The van der Waals surface area contributed by atoms with Crippen molar-refractivity contribution in [2.24, 2.45) is 0 Å². The molecule has 4 N–H and O–H groups in total. The van der Waals surface area contributed by atoms with Gasteiger partial charge in [0.15, 0.2) is 0 Å². The van der Waals surface area contributed by atoms with Gasteiger partial charge in [0.1, 0.15) is 0 Å².